The highest BCUT2D eigenvalue weighted by molar-refractivity contribution is 6.10. The number of nitrogens with zero attached hydrogens (tertiary/aromatic N) is 1. The first-order valence-electron chi connectivity index (χ1n) is 13.8. The first kappa shape index (κ1) is 26.0. The number of carbonyl (C=O) groups is 4. The number of amides is 3. The molecule has 0 spiro atoms. The fourth-order valence-corrected chi connectivity index (χ4v) is 6.91. The van der Waals surface area contributed by atoms with Crippen molar-refractivity contribution in [3.8, 4) is 0 Å². The second kappa shape index (κ2) is 10.0. The molecule has 1 aliphatic heterocycles. The quantitative estimate of drug-likeness (QED) is 0.347. The van der Waals surface area contributed by atoms with Gasteiger partial charge in [0.2, 0.25) is 11.8 Å². The van der Waals surface area contributed by atoms with Crippen LogP contribution in [0.25, 0.3) is 0 Å². The summed E-state index contributed by atoms with van der Waals surface area (Å²) in [5.74, 6) is -3.53. The van der Waals surface area contributed by atoms with Crippen LogP contribution in [0.3, 0.4) is 0 Å². The Hall–Kier alpha value is -4.26. The van der Waals surface area contributed by atoms with Crippen molar-refractivity contribution in [2.75, 3.05) is 11.9 Å². The molecule has 7 heteroatoms. The van der Waals surface area contributed by atoms with E-state index >= 15 is 0 Å². The Morgan fingerprint density at radius 3 is 1.82 bits per heavy atom. The fourth-order valence-electron chi connectivity index (χ4n) is 6.91. The Labute approximate surface area is 233 Å². The van der Waals surface area contributed by atoms with Gasteiger partial charge < -0.3 is 10.1 Å². The van der Waals surface area contributed by atoms with E-state index in [1.54, 1.807) is 6.07 Å². The monoisotopic (exact) mass is 536 g/mol. The van der Waals surface area contributed by atoms with Crippen LogP contribution in [-0.2, 0) is 23.9 Å². The van der Waals surface area contributed by atoms with Crippen LogP contribution in [0.4, 0.5) is 5.69 Å². The molecule has 204 valence electrons. The summed E-state index contributed by atoms with van der Waals surface area (Å²) in [5.41, 5.74) is 5.89. The van der Waals surface area contributed by atoms with Gasteiger partial charge in [-0.05, 0) is 59.2 Å². The molecule has 7 rings (SSSR count). The predicted octanol–water partition coefficient (Wildman–Crippen LogP) is 4.78. The number of hydrogen-bond acceptors (Lipinski definition) is 5. The topological polar surface area (TPSA) is 92.8 Å². The normalized spacial score (nSPS) is 22.9. The highest BCUT2D eigenvalue weighted by Crippen LogP contribution is 2.61. The Bertz CT molecular complexity index is 1410. The largest absolute Gasteiger partial charge is 0.454 e. The minimum atomic E-state index is -1.09. The summed E-state index contributed by atoms with van der Waals surface area (Å²) in [6.07, 6.45) is 0.254. The Balaban J connectivity index is 1.27. The van der Waals surface area contributed by atoms with Crippen molar-refractivity contribution in [1.82, 2.24) is 4.90 Å². The number of imide groups is 1. The van der Waals surface area contributed by atoms with Crippen LogP contribution in [0.2, 0.25) is 0 Å². The van der Waals surface area contributed by atoms with Gasteiger partial charge in [0.1, 0.15) is 6.04 Å². The number of likely N-dealkylation sites (tertiary alicyclic amines) is 1. The van der Waals surface area contributed by atoms with Gasteiger partial charge in [0.15, 0.2) is 6.61 Å². The summed E-state index contributed by atoms with van der Waals surface area (Å²) < 4.78 is 5.43. The van der Waals surface area contributed by atoms with Gasteiger partial charge in [0, 0.05) is 17.5 Å². The minimum absolute atomic E-state index is 0.00742. The van der Waals surface area contributed by atoms with Crippen LogP contribution in [0, 0.1) is 24.7 Å². The molecule has 1 fully saturated rings. The number of hydrogen-bond donors (Lipinski definition) is 1. The Morgan fingerprint density at radius 1 is 0.825 bits per heavy atom. The summed E-state index contributed by atoms with van der Waals surface area (Å²) in [6, 6.07) is 22.3. The number of nitrogens with one attached hydrogen (secondary N) is 1. The highest BCUT2D eigenvalue weighted by atomic mass is 16.5. The summed E-state index contributed by atoms with van der Waals surface area (Å²) in [5, 5.41) is 2.72. The third kappa shape index (κ3) is 4.21. The molecule has 2 bridgehead atoms. The van der Waals surface area contributed by atoms with Crippen LogP contribution < -0.4 is 5.32 Å². The molecule has 3 aliphatic carbocycles. The third-order valence-electron chi connectivity index (χ3n) is 8.41. The third-order valence-corrected chi connectivity index (χ3v) is 8.41. The van der Waals surface area contributed by atoms with Crippen molar-refractivity contribution in [2.24, 2.45) is 17.8 Å². The lowest BCUT2D eigenvalue weighted by Gasteiger charge is -2.45. The Kier molecular flexibility index (Phi) is 6.53. The molecular weight excluding hydrogens is 504 g/mol. The lowest BCUT2D eigenvalue weighted by Crippen LogP contribution is -2.47. The van der Waals surface area contributed by atoms with Crippen LogP contribution in [0.1, 0.15) is 59.9 Å². The van der Waals surface area contributed by atoms with Crippen molar-refractivity contribution in [1.29, 1.82) is 0 Å². The van der Waals surface area contributed by atoms with E-state index in [0.29, 0.717) is 5.69 Å². The van der Waals surface area contributed by atoms with Gasteiger partial charge in [-0.1, -0.05) is 74.5 Å². The molecule has 0 saturated carbocycles. The number of esters is 1. The molecule has 3 aromatic rings. The molecule has 7 nitrogen and oxygen atoms in total. The SMILES string of the molecule is Cc1cccc(NC(=O)COC(=O)[C@H](CC(C)C)N2C(=O)[C@H]3C4c5ccccc5C(c5ccccc54)[C@@H]3C2=O)c1. The van der Waals surface area contributed by atoms with E-state index in [1.807, 2.05) is 87.5 Å². The lowest BCUT2D eigenvalue weighted by atomic mass is 9.55. The van der Waals surface area contributed by atoms with Gasteiger partial charge in [-0.25, -0.2) is 4.79 Å². The smallest absolute Gasteiger partial charge is 0.329 e. The summed E-state index contributed by atoms with van der Waals surface area (Å²) in [4.78, 5) is 55.4. The maximum absolute atomic E-state index is 14.1. The summed E-state index contributed by atoms with van der Waals surface area (Å²) >= 11 is 0. The summed E-state index contributed by atoms with van der Waals surface area (Å²) in [6.45, 7) is 5.26. The predicted molar refractivity (Wildman–Crippen MR) is 149 cm³/mol. The van der Waals surface area contributed by atoms with E-state index in [4.69, 9.17) is 4.74 Å². The van der Waals surface area contributed by atoms with Crippen molar-refractivity contribution in [3.05, 3.63) is 101 Å². The molecule has 0 unspecified atom stereocenters. The zero-order valence-electron chi connectivity index (χ0n) is 22.8. The van der Waals surface area contributed by atoms with Crippen molar-refractivity contribution in [3.63, 3.8) is 0 Å². The number of rotatable bonds is 7. The maximum atomic E-state index is 14.1. The molecule has 40 heavy (non-hydrogen) atoms. The average Bonchev–Trinajstić information content (AvgIpc) is 3.20. The molecule has 1 heterocycles. The number of benzene rings is 3. The lowest BCUT2D eigenvalue weighted by molar-refractivity contribution is -0.160. The minimum Gasteiger partial charge on any atom is -0.454 e. The van der Waals surface area contributed by atoms with Crippen LogP contribution in [-0.4, -0.2) is 41.2 Å². The van der Waals surface area contributed by atoms with E-state index in [1.165, 1.54) is 0 Å². The van der Waals surface area contributed by atoms with E-state index in [2.05, 4.69) is 5.32 Å². The fraction of sp³-hybridized carbons (Fsp3) is 0.333. The second-order valence-corrected chi connectivity index (χ2v) is 11.5. The van der Waals surface area contributed by atoms with E-state index in [-0.39, 0.29) is 36.0 Å². The standard InChI is InChI=1S/C33H32N2O5/c1-18(2)15-25(33(39)40-17-26(36)34-20-10-8-9-19(3)16-20)35-31(37)29-27-21-11-4-5-12-22(21)28(30(29)32(35)38)24-14-7-6-13-23(24)27/h4-14,16,18,25,27-30H,15,17H2,1-3H3,(H,34,36)/t25-,27?,28?,29-,30-/m0/s1. The first-order chi connectivity index (χ1) is 19.3. The van der Waals surface area contributed by atoms with Crippen molar-refractivity contribution in [2.45, 2.75) is 45.1 Å². The Morgan fingerprint density at radius 2 is 1.35 bits per heavy atom. The van der Waals surface area contributed by atoms with E-state index < -0.39 is 36.4 Å². The summed E-state index contributed by atoms with van der Waals surface area (Å²) in [7, 11) is 0. The zero-order chi connectivity index (χ0) is 28.1. The van der Waals surface area contributed by atoms with Gasteiger partial charge >= 0.3 is 5.97 Å². The molecule has 1 N–H and O–H groups in total. The van der Waals surface area contributed by atoms with Crippen molar-refractivity contribution >= 4 is 29.4 Å². The van der Waals surface area contributed by atoms with Crippen LogP contribution in [0.5, 0.6) is 0 Å². The molecule has 3 aromatic carbocycles. The molecule has 3 amide bonds. The number of ether oxygens (including phenoxy) is 1. The van der Waals surface area contributed by atoms with Gasteiger partial charge in [0.05, 0.1) is 11.8 Å². The van der Waals surface area contributed by atoms with Gasteiger partial charge in [-0.2, -0.15) is 0 Å². The number of carbonyl (C=O) groups excluding carboxylic acids is 4. The number of aryl methyl sites for hydroxylation is 1. The van der Waals surface area contributed by atoms with Crippen molar-refractivity contribution < 1.29 is 23.9 Å². The van der Waals surface area contributed by atoms with Crippen LogP contribution >= 0.6 is 0 Å². The van der Waals surface area contributed by atoms with E-state index in [0.717, 1.165) is 32.7 Å². The maximum Gasteiger partial charge on any atom is 0.329 e. The van der Waals surface area contributed by atoms with Crippen LogP contribution in [0.15, 0.2) is 72.8 Å². The molecular formula is C33H32N2O5. The second-order valence-electron chi connectivity index (χ2n) is 11.5. The highest BCUT2D eigenvalue weighted by Gasteiger charge is 2.63. The van der Waals surface area contributed by atoms with E-state index in [9.17, 15) is 19.2 Å². The van der Waals surface area contributed by atoms with Gasteiger partial charge in [-0.15, -0.1) is 0 Å². The molecule has 4 aliphatic rings. The molecule has 1 saturated heterocycles. The number of anilines is 1. The molecule has 3 atom stereocenters. The molecule has 0 aromatic heterocycles. The van der Waals surface area contributed by atoms with Gasteiger partial charge in [0.25, 0.3) is 5.91 Å². The average molecular weight is 537 g/mol. The first-order valence-corrected chi connectivity index (χ1v) is 13.8. The molecule has 0 radical (unpaired) electrons. The van der Waals surface area contributed by atoms with Gasteiger partial charge in [-0.3, -0.25) is 19.3 Å². The zero-order valence-corrected chi connectivity index (χ0v) is 22.8.